The van der Waals surface area contributed by atoms with E-state index < -0.39 is 0 Å². The van der Waals surface area contributed by atoms with E-state index in [0.29, 0.717) is 17.9 Å². The van der Waals surface area contributed by atoms with Crippen molar-refractivity contribution in [3.05, 3.63) is 63.8 Å². The predicted octanol–water partition coefficient (Wildman–Crippen LogP) is 3.63. The third kappa shape index (κ3) is 4.74. The highest BCUT2D eigenvalue weighted by molar-refractivity contribution is 9.10. The molecule has 0 fully saturated rings. The fourth-order valence-electron chi connectivity index (χ4n) is 3.44. The molecule has 1 heterocycles. The summed E-state index contributed by atoms with van der Waals surface area (Å²) in [5.74, 6) is 0.484. The quantitative estimate of drug-likeness (QED) is 0.571. The first-order valence-electron chi connectivity index (χ1n) is 9.71. The number of ether oxygens (including phenoxy) is 1. The zero-order valence-electron chi connectivity index (χ0n) is 17.7. The maximum atomic E-state index is 13.3. The standard InChI is InChI=1S/C23H26BrN3O3/c1-15-19(14-22(28)25-11-12-26(2)3)20-13-18(30-4)9-10-21(20)27(15)23(29)16-5-7-17(24)8-6-16/h5-10,13H,11-12,14H2,1-4H3,(H,25,28). The van der Waals surface area contributed by atoms with Gasteiger partial charge in [-0.15, -0.1) is 0 Å². The topological polar surface area (TPSA) is 63.6 Å². The van der Waals surface area contributed by atoms with Crippen molar-refractivity contribution in [2.45, 2.75) is 13.3 Å². The lowest BCUT2D eigenvalue weighted by Crippen LogP contribution is -2.32. The third-order valence-corrected chi connectivity index (χ3v) is 5.58. The van der Waals surface area contributed by atoms with Crippen molar-refractivity contribution in [3.8, 4) is 5.75 Å². The Labute approximate surface area is 184 Å². The number of benzene rings is 2. The second-order valence-corrected chi connectivity index (χ2v) is 8.34. The molecule has 30 heavy (non-hydrogen) atoms. The number of aromatic nitrogens is 1. The van der Waals surface area contributed by atoms with E-state index in [1.165, 1.54) is 0 Å². The summed E-state index contributed by atoms with van der Waals surface area (Å²) in [6, 6.07) is 12.8. The van der Waals surface area contributed by atoms with Crippen LogP contribution in [0.3, 0.4) is 0 Å². The highest BCUT2D eigenvalue weighted by Crippen LogP contribution is 2.30. The highest BCUT2D eigenvalue weighted by Gasteiger charge is 2.22. The molecule has 0 saturated heterocycles. The van der Waals surface area contributed by atoms with E-state index in [-0.39, 0.29) is 18.2 Å². The van der Waals surface area contributed by atoms with Crippen molar-refractivity contribution in [2.75, 3.05) is 34.3 Å². The van der Waals surface area contributed by atoms with Crippen LogP contribution >= 0.6 is 15.9 Å². The summed E-state index contributed by atoms with van der Waals surface area (Å²) in [6.07, 6.45) is 0.198. The number of carbonyl (C=O) groups is 2. The first kappa shape index (κ1) is 22.1. The first-order chi connectivity index (χ1) is 14.3. The van der Waals surface area contributed by atoms with Crippen LogP contribution in [-0.2, 0) is 11.2 Å². The lowest BCUT2D eigenvalue weighted by molar-refractivity contribution is -0.120. The molecule has 0 aliphatic carbocycles. The zero-order valence-corrected chi connectivity index (χ0v) is 19.2. The number of amides is 1. The summed E-state index contributed by atoms with van der Waals surface area (Å²) in [5.41, 5.74) is 2.93. The largest absolute Gasteiger partial charge is 0.497 e. The number of fused-ring (bicyclic) bond motifs is 1. The normalized spacial score (nSPS) is 11.1. The molecule has 0 saturated carbocycles. The predicted molar refractivity (Wildman–Crippen MR) is 122 cm³/mol. The summed E-state index contributed by atoms with van der Waals surface area (Å²) < 4.78 is 7.97. The molecular weight excluding hydrogens is 446 g/mol. The Kier molecular flexibility index (Phi) is 6.95. The number of methoxy groups -OCH3 is 1. The van der Waals surface area contributed by atoms with E-state index in [1.807, 2.05) is 56.3 Å². The van der Waals surface area contributed by atoms with Gasteiger partial charge in [-0.05, 0) is 69.0 Å². The Morgan fingerprint density at radius 3 is 2.47 bits per heavy atom. The fourth-order valence-corrected chi connectivity index (χ4v) is 3.70. The van der Waals surface area contributed by atoms with Crippen molar-refractivity contribution in [2.24, 2.45) is 0 Å². The van der Waals surface area contributed by atoms with E-state index in [9.17, 15) is 9.59 Å². The minimum Gasteiger partial charge on any atom is -0.497 e. The van der Waals surface area contributed by atoms with Gasteiger partial charge in [0, 0.05) is 34.2 Å². The van der Waals surface area contributed by atoms with E-state index in [0.717, 1.165) is 33.2 Å². The zero-order chi connectivity index (χ0) is 21.8. The van der Waals surface area contributed by atoms with Gasteiger partial charge in [0.15, 0.2) is 0 Å². The number of carbonyl (C=O) groups excluding carboxylic acids is 2. The van der Waals surface area contributed by atoms with Crippen LogP contribution in [0.2, 0.25) is 0 Å². The molecule has 2 aromatic carbocycles. The Bertz CT molecular complexity index is 1070. The minimum absolute atomic E-state index is 0.0714. The number of hydrogen-bond donors (Lipinski definition) is 1. The molecule has 1 N–H and O–H groups in total. The van der Waals surface area contributed by atoms with Gasteiger partial charge in [0.05, 0.1) is 19.0 Å². The Morgan fingerprint density at radius 2 is 1.83 bits per heavy atom. The molecule has 7 heteroatoms. The van der Waals surface area contributed by atoms with Crippen LogP contribution in [0.5, 0.6) is 5.75 Å². The van der Waals surface area contributed by atoms with Gasteiger partial charge in [0.1, 0.15) is 5.75 Å². The molecule has 3 rings (SSSR count). The van der Waals surface area contributed by atoms with Crippen LogP contribution in [0.4, 0.5) is 0 Å². The highest BCUT2D eigenvalue weighted by atomic mass is 79.9. The first-order valence-corrected chi connectivity index (χ1v) is 10.5. The molecule has 0 atom stereocenters. The number of likely N-dealkylation sites (N-methyl/N-ethyl adjacent to an activating group) is 1. The van der Waals surface area contributed by atoms with Crippen LogP contribution in [0, 0.1) is 6.92 Å². The number of rotatable bonds is 7. The summed E-state index contributed by atoms with van der Waals surface area (Å²) in [6.45, 7) is 3.22. The van der Waals surface area contributed by atoms with Crippen molar-refractivity contribution in [1.82, 2.24) is 14.8 Å². The van der Waals surface area contributed by atoms with Gasteiger partial charge in [-0.3, -0.25) is 14.2 Å². The number of halogens is 1. The minimum atomic E-state index is -0.130. The van der Waals surface area contributed by atoms with Crippen LogP contribution in [0.1, 0.15) is 21.6 Å². The van der Waals surface area contributed by atoms with Crippen LogP contribution in [0.15, 0.2) is 46.9 Å². The third-order valence-electron chi connectivity index (χ3n) is 5.05. The monoisotopic (exact) mass is 471 g/mol. The molecule has 0 radical (unpaired) electrons. The second kappa shape index (κ2) is 9.45. The number of nitrogens with zero attached hydrogens (tertiary/aromatic N) is 2. The Balaban J connectivity index is 2.01. The van der Waals surface area contributed by atoms with Gasteiger partial charge in [0.2, 0.25) is 5.91 Å². The molecule has 0 aliphatic rings. The molecule has 1 amide bonds. The smallest absolute Gasteiger partial charge is 0.262 e. The molecular formula is C23H26BrN3O3. The van der Waals surface area contributed by atoms with E-state index in [4.69, 9.17) is 4.74 Å². The van der Waals surface area contributed by atoms with Crippen molar-refractivity contribution in [1.29, 1.82) is 0 Å². The lowest BCUT2D eigenvalue weighted by atomic mass is 10.1. The summed E-state index contributed by atoms with van der Waals surface area (Å²) in [4.78, 5) is 27.9. The van der Waals surface area contributed by atoms with Crippen molar-refractivity contribution >= 4 is 38.6 Å². The average Bonchev–Trinajstić information content (AvgIpc) is 2.98. The molecule has 0 unspecified atom stereocenters. The lowest BCUT2D eigenvalue weighted by Gasteiger charge is -2.11. The molecule has 3 aromatic rings. The molecule has 0 spiro atoms. The van der Waals surface area contributed by atoms with Gasteiger partial charge < -0.3 is 15.0 Å². The summed E-state index contributed by atoms with van der Waals surface area (Å²) in [5, 5.41) is 3.80. The van der Waals surface area contributed by atoms with Crippen molar-refractivity contribution < 1.29 is 14.3 Å². The molecule has 6 nitrogen and oxygen atoms in total. The maximum absolute atomic E-state index is 13.3. The summed E-state index contributed by atoms with van der Waals surface area (Å²) in [7, 11) is 5.53. The Hall–Kier alpha value is -2.64. The fraction of sp³-hybridized carbons (Fsp3) is 0.304. The van der Waals surface area contributed by atoms with Crippen LogP contribution in [0.25, 0.3) is 10.9 Å². The number of hydrogen-bond acceptors (Lipinski definition) is 4. The number of nitrogens with one attached hydrogen (secondary N) is 1. The average molecular weight is 472 g/mol. The van der Waals surface area contributed by atoms with E-state index in [2.05, 4.69) is 21.2 Å². The van der Waals surface area contributed by atoms with Crippen molar-refractivity contribution in [3.63, 3.8) is 0 Å². The maximum Gasteiger partial charge on any atom is 0.262 e. The Morgan fingerprint density at radius 1 is 1.13 bits per heavy atom. The molecule has 158 valence electrons. The van der Waals surface area contributed by atoms with Gasteiger partial charge in [-0.1, -0.05) is 15.9 Å². The second-order valence-electron chi connectivity index (χ2n) is 7.42. The SMILES string of the molecule is COc1ccc2c(c1)c(CC(=O)NCCN(C)C)c(C)n2C(=O)c1ccc(Br)cc1. The van der Waals surface area contributed by atoms with Gasteiger partial charge in [-0.25, -0.2) is 0 Å². The van der Waals surface area contributed by atoms with Gasteiger partial charge in [-0.2, -0.15) is 0 Å². The van der Waals surface area contributed by atoms with Gasteiger partial charge in [0.25, 0.3) is 5.91 Å². The van der Waals surface area contributed by atoms with E-state index in [1.54, 1.807) is 23.8 Å². The molecule has 0 bridgehead atoms. The van der Waals surface area contributed by atoms with Gasteiger partial charge >= 0.3 is 0 Å². The molecule has 1 aromatic heterocycles. The molecule has 0 aliphatic heterocycles. The van der Waals surface area contributed by atoms with Crippen LogP contribution in [-0.4, -0.2) is 55.6 Å². The van der Waals surface area contributed by atoms with Crippen LogP contribution < -0.4 is 10.1 Å². The van der Waals surface area contributed by atoms with E-state index >= 15 is 0 Å². The summed E-state index contributed by atoms with van der Waals surface area (Å²) >= 11 is 3.40.